The van der Waals surface area contributed by atoms with E-state index in [0.29, 0.717) is 18.4 Å². The Labute approximate surface area is 426 Å². The normalized spacial score (nSPS) is 11.4. The number of amides is 1. The molecule has 6 rings (SSSR count). The predicted octanol–water partition coefficient (Wildman–Crippen LogP) is 14.2. The summed E-state index contributed by atoms with van der Waals surface area (Å²) in [5.41, 5.74) is 6.26. The summed E-state index contributed by atoms with van der Waals surface area (Å²) in [7, 11) is 0. The van der Waals surface area contributed by atoms with Crippen molar-refractivity contribution in [2.24, 2.45) is 0 Å². The van der Waals surface area contributed by atoms with Crippen LogP contribution in [0.3, 0.4) is 0 Å². The van der Waals surface area contributed by atoms with E-state index in [-0.39, 0.29) is 24.3 Å². The first-order valence-electron chi connectivity index (χ1n) is 26.7. The number of carbonyl (C=O) groups excluding carboxylic acids is 3. The monoisotopic (exact) mass is 954 g/mol. The number of nitrogens with one attached hydrogen (secondary N) is 1. The zero-order chi connectivity index (χ0) is 49.4. The Hall–Kier alpha value is -6.15. The third-order valence-corrected chi connectivity index (χ3v) is 13.6. The zero-order valence-corrected chi connectivity index (χ0v) is 42.3. The summed E-state index contributed by atoms with van der Waals surface area (Å²) >= 11 is 0. The van der Waals surface area contributed by atoms with Crippen LogP contribution >= 0.6 is 0 Å². The van der Waals surface area contributed by atoms with Crippen LogP contribution in [0, 0.1) is 0 Å². The molecule has 0 aromatic heterocycles. The van der Waals surface area contributed by atoms with Crippen LogP contribution in [0.4, 0.5) is 0 Å². The number of hydrogen-bond acceptors (Lipinski definition) is 6. The molecule has 0 unspecified atom stereocenters. The average molecular weight is 954 g/mol. The van der Waals surface area contributed by atoms with E-state index in [1.54, 1.807) is 12.1 Å². The van der Waals surface area contributed by atoms with Crippen molar-refractivity contribution in [3.05, 3.63) is 215 Å². The lowest BCUT2D eigenvalue weighted by Gasteiger charge is -2.37. The second-order valence-electron chi connectivity index (χ2n) is 19.1. The third kappa shape index (κ3) is 19.2. The van der Waals surface area contributed by atoms with Crippen molar-refractivity contribution in [1.82, 2.24) is 15.1 Å². The molecule has 7 nitrogen and oxygen atoms in total. The topological polar surface area (TPSA) is 79.0 Å². The minimum Gasteiger partial charge on any atom is -0.457 e. The maximum absolute atomic E-state index is 14.1. The van der Waals surface area contributed by atoms with Gasteiger partial charge in [0.25, 0.3) is 0 Å². The molecule has 0 atom stereocenters. The van der Waals surface area contributed by atoms with Gasteiger partial charge in [0.05, 0.1) is 5.54 Å². The van der Waals surface area contributed by atoms with Gasteiger partial charge in [-0.25, -0.2) is 0 Å². The number of Topliss-reactive ketones (excluding diaryl/α,β-unsaturated/α-hetero) is 1. The van der Waals surface area contributed by atoms with Gasteiger partial charge in [-0.15, -0.1) is 0 Å². The van der Waals surface area contributed by atoms with Gasteiger partial charge in [-0.05, 0) is 73.0 Å². The van der Waals surface area contributed by atoms with E-state index in [1.807, 2.05) is 18.2 Å². The number of nitrogens with zero attached hydrogens (tertiary/aromatic N) is 2. The molecule has 0 radical (unpaired) electrons. The number of benzene rings is 6. The minimum absolute atomic E-state index is 0.166. The fraction of sp³-hybridized carbons (Fsp3) is 0.391. The van der Waals surface area contributed by atoms with Crippen LogP contribution in [0.25, 0.3) is 0 Å². The molecule has 0 aliphatic rings. The van der Waals surface area contributed by atoms with E-state index in [9.17, 15) is 14.4 Å². The van der Waals surface area contributed by atoms with Gasteiger partial charge in [0, 0.05) is 44.6 Å². The molecule has 7 heteroatoms. The molecule has 0 saturated heterocycles. The summed E-state index contributed by atoms with van der Waals surface area (Å²) in [4.78, 5) is 43.1. The van der Waals surface area contributed by atoms with Gasteiger partial charge in [0.1, 0.15) is 0 Å². The summed E-state index contributed by atoms with van der Waals surface area (Å²) < 4.78 is 5.19. The fourth-order valence-electron chi connectivity index (χ4n) is 9.71. The Balaban J connectivity index is 0.934. The van der Waals surface area contributed by atoms with Crippen LogP contribution in [-0.2, 0) is 33.0 Å². The second-order valence-corrected chi connectivity index (χ2v) is 19.1. The lowest BCUT2D eigenvalue weighted by molar-refractivity contribution is -0.142. The van der Waals surface area contributed by atoms with Crippen LogP contribution in [0.5, 0.6) is 0 Å². The van der Waals surface area contributed by atoms with Gasteiger partial charge in [0.15, 0.2) is 12.4 Å². The van der Waals surface area contributed by atoms with E-state index in [0.717, 1.165) is 90.6 Å². The quantitative estimate of drug-likeness (QED) is 0.0185. The summed E-state index contributed by atoms with van der Waals surface area (Å²) in [5, 5.41) is 4.05. The maximum atomic E-state index is 14.1. The van der Waals surface area contributed by atoms with Crippen LogP contribution in [0.15, 0.2) is 182 Å². The molecule has 6 aromatic carbocycles. The average Bonchev–Trinajstić information content (AvgIpc) is 3.42. The predicted molar refractivity (Wildman–Crippen MR) is 291 cm³/mol. The summed E-state index contributed by atoms with van der Waals surface area (Å²) in [6.07, 6.45) is 17.3. The Kier molecular flexibility index (Phi) is 24.4. The number of esters is 1. The van der Waals surface area contributed by atoms with Crippen LogP contribution in [-0.4, -0.2) is 60.2 Å². The molecule has 0 aliphatic heterocycles. The van der Waals surface area contributed by atoms with Gasteiger partial charge in [-0.2, -0.15) is 0 Å². The van der Waals surface area contributed by atoms with Crippen molar-refractivity contribution >= 4 is 17.7 Å². The molecule has 0 heterocycles. The SMILES string of the molecule is O=C(CCCCCCCCCCCCCCC(=O)N(CCCCN(Cc1ccccc1)Cc1ccccc1)CCCNC(c1ccccc1)(c1ccccc1)c1ccccc1)OCC(=O)c1ccccc1. The standard InChI is InChI=1S/C64H79N3O4/c68-61(57-38-21-13-22-39-57)54-71-63(70)47-30-10-8-6-4-2-1-3-5-7-9-29-46-62(69)67(50-32-31-49-66(52-55-34-17-11-18-35-55)53-56-36-19-12-20-37-56)51-33-48-65-64(58-40-23-14-24-41-58,59-42-25-15-26-43-59)60-44-27-16-28-45-60/h11-28,34-45,65H,1-10,29-33,46-54H2. The largest absolute Gasteiger partial charge is 0.457 e. The third-order valence-electron chi connectivity index (χ3n) is 13.6. The van der Waals surface area contributed by atoms with Gasteiger partial charge in [-0.3, -0.25) is 24.6 Å². The van der Waals surface area contributed by atoms with Crippen LogP contribution in [0.2, 0.25) is 0 Å². The lowest BCUT2D eigenvalue weighted by Crippen LogP contribution is -2.46. The van der Waals surface area contributed by atoms with Crippen molar-refractivity contribution in [2.45, 2.75) is 128 Å². The molecule has 0 saturated carbocycles. The molecular formula is C64H79N3O4. The van der Waals surface area contributed by atoms with Crippen molar-refractivity contribution < 1.29 is 19.1 Å². The Morgan fingerprint density at radius 2 is 0.789 bits per heavy atom. The van der Waals surface area contributed by atoms with E-state index in [2.05, 4.69) is 167 Å². The molecule has 71 heavy (non-hydrogen) atoms. The van der Waals surface area contributed by atoms with E-state index in [1.165, 1.54) is 72.8 Å². The van der Waals surface area contributed by atoms with Crippen molar-refractivity contribution in [2.75, 3.05) is 32.8 Å². The van der Waals surface area contributed by atoms with Crippen molar-refractivity contribution in [3.63, 3.8) is 0 Å². The number of carbonyl (C=O) groups is 3. The molecule has 0 fully saturated rings. The summed E-state index contributed by atoms with van der Waals surface area (Å²) in [6, 6.07) is 62.7. The summed E-state index contributed by atoms with van der Waals surface area (Å²) in [5.74, 6) is -0.174. The number of ether oxygens (including phenoxy) is 1. The number of unbranched alkanes of at least 4 members (excludes halogenated alkanes) is 12. The first kappa shape index (κ1) is 54.2. The Morgan fingerprint density at radius 1 is 0.408 bits per heavy atom. The molecule has 0 spiro atoms. The molecule has 1 amide bonds. The van der Waals surface area contributed by atoms with E-state index >= 15 is 0 Å². The lowest BCUT2D eigenvalue weighted by atomic mass is 9.77. The Bertz CT molecular complexity index is 2210. The second kappa shape index (κ2) is 31.9. The minimum atomic E-state index is -0.535. The molecule has 374 valence electrons. The molecular weight excluding hydrogens is 875 g/mol. The van der Waals surface area contributed by atoms with Crippen molar-refractivity contribution in [3.8, 4) is 0 Å². The van der Waals surface area contributed by atoms with Crippen molar-refractivity contribution in [1.29, 1.82) is 0 Å². The molecule has 0 bridgehead atoms. The smallest absolute Gasteiger partial charge is 0.306 e. The van der Waals surface area contributed by atoms with Crippen LogP contribution < -0.4 is 5.32 Å². The number of rotatable bonds is 35. The van der Waals surface area contributed by atoms with Gasteiger partial charge in [0.2, 0.25) is 5.91 Å². The highest BCUT2D eigenvalue weighted by Gasteiger charge is 2.35. The highest BCUT2D eigenvalue weighted by atomic mass is 16.5. The Morgan fingerprint density at radius 3 is 1.25 bits per heavy atom. The number of ketones is 1. The first-order chi connectivity index (χ1) is 35.0. The molecule has 0 aliphatic carbocycles. The van der Waals surface area contributed by atoms with E-state index < -0.39 is 5.54 Å². The van der Waals surface area contributed by atoms with Gasteiger partial charge in [-0.1, -0.05) is 246 Å². The van der Waals surface area contributed by atoms with Gasteiger partial charge < -0.3 is 9.64 Å². The summed E-state index contributed by atoms with van der Waals surface area (Å²) in [6.45, 7) is 4.84. The fourth-order valence-corrected chi connectivity index (χ4v) is 9.71. The highest BCUT2D eigenvalue weighted by Crippen LogP contribution is 2.36. The van der Waals surface area contributed by atoms with Crippen LogP contribution in [0.1, 0.15) is 147 Å². The highest BCUT2D eigenvalue weighted by molar-refractivity contribution is 5.97. The van der Waals surface area contributed by atoms with E-state index in [4.69, 9.17) is 4.74 Å². The number of hydrogen-bond donors (Lipinski definition) is 1. The maximum Gasteiger partial charge on any atom is 0.306 e. The molecule has 6 aromatic rings. The molecule has 1 N–H and O–H groups in total. The zero-order valence-electron chi connectivity index (χ0n) is 42.3. The van der Waals surface area contributed by atoms with Gasteiger partial charge >= 0.3 is 5.97 Å². The first-order valence-corrected chi connectivity index (χ1v) is 26.7.